The van der Waals surface area contributed by atoms with Crippen molar-refractivity contribution >= 4 is 44.9 Å². The number of anilines is 2. The number of likely N-dealkylation sites (N-methyl/N-ethyl adjacent to an activating group) is 1. The molecule has 1 spiro atoms. The molecule has 0 radical (unpaired) electrons. The second-order valence-corrected chi connectivity index (χ2v) is 12.3. The summed E-state index contributed by atoms with van der Waals surface area (Å²) in [7, 11) is 0.621. The minimum absolute atomic E-state index is 0.00380. The summed E-state index contributed by atoms with van der Waals surface area (Å²) in [6, 6.07) is 19.6. The number of pyridine rings is 2. The number of carbonyl (C=O) groups is 2. The number of hydrogen-bond donors (Lipinski definition) is 2. The molecule has 2 aliphatic heterocycles. The number of carbonyl (C=O) groups excluding carboxylic acids is 2. The maximum absolute atomic E-state index is 14.2. The first-order chi connectivity index (χ1) is 19.8. The van der Waals surface area contributed by atoms with Gasteiger partial charge in [-0.25, -0.2) is 4.21 Å². The molecule has 41 heavy (non-hydrogen) atoms. The fourth-order valence-corrected chi connectivity index (χ4v) is 6.79. The third kappa shape index (κ3) is 4.04. The predicted molar refractivity (Wildman–Crippen MR) is 160 cm³/mol. The van der Waals surface area contributed by atoms with E-state index in [1.807, 2.05) is 83.7 Å². The molecule has 9 nitrogen and oxygen atoms in total. The highest BCUT2D eigenvalue weighted by molar-refractivity contribution is 7.85. The number of hydrogen-bond acceptors (Lipinski definition) is 6. The lowest BCUT2D eigenvalue weighted by molar-refractivity contribution is -0.146. The number of amides is 2. The van der Waals surface area contributed by atoms with Crippen molar-refractivity contribution in [2.45, 2.75) is 30.3 Å². The lowest BCUT2D eigenvalue weighted by Crippen LogP contribution is -2.67. The Labute approximate surface area is 240 Å². The summed E-state index contributed by atoms with van der Waals surface area (Å²) in [5.74, 6) is 0.0830. The molecule has 2 N–H and O–H groups in total. The average molecular weight is 567 g/mol. The number of aromatic nitrogens is 2. The maximum atomic E-state index is 14.2. The first kappa shape index (κ1) is 25.8. The van der Waals surface area contributed by atoms with E-state index in [2.05, 4.69) is 15.0 Å². The molecule has 4 heterocycles. The van der Waals surface area contributed by atoms with Gasteiger partial charge in [-0.05, 0) is 49.0 Å². The molecule has 0 bridgehead atoms. The van der Waals surface area contributed by atoms with Crippen molar-refractivity contribution in [3.05, 3.63) is 84.3 Å². The van der Waals surface area contributed by atoms with Crippen molar-refractivity contribution in [2.75, 3.05) is 36.0 Å². The zero-order chi connectivity index (χ0) is 28.4. The Bertz CT molecular complexity index is 1730. The van der Waals surface area contributed by atoms with Gasteiger partial charge in [0, 0.05) is 42.2 Å². The van der Waals surface area contributed by atoms with Gasteiger partial charge in [-0.15, -0.1) is 0 Å². The summed E-state index contributed by atoms with van der Waals surface area (Å²) < 4.78 is 14.5. The Morgan fingerprint density at radius 1 is 1.00 bits per heavy atom. The van der Waals surface area contributed by atoms with Crippen LogP contribution in [0.2, 0.25) is 0 Å². The molecule has 3 aliphatic rings. The van der Waals surface area contributed by atoms with E-state index in [0.717, 1.165) is 46.1 Å². The standard InChI is InChI=1S/C31H30N6O3S/c1-32-31(13-14-31)29(39)36-18-30(19-36)23-9-5-6-10-26(23)37(28(30)38)17-25-27(22-8-4-3-7-20(22)15-33-25)24-12-11-21(16-34-24)35-41(2)40/h3-12,15-16,32,35H,13-14,17-19H2,1-2H3. The highest BCUT2D eigenvalue weighted by Gasteiger charge is 2.62. The largest absolute Gasteiger partial charge is 0.338 e. The molecule has 2 amide bonds. The van der Waals surface area contributed by atoms with Crippen molar-refractivity contribution in [1.29, 1.82) is 0 Å². The van der Waals surface area contributed by atoms with Crippen molar-refractivity contribution in [3.63, 3.8) is 0 Å². The van der Waals surface area contributed by atoms with Gasteiger partial charge in [0.15, 0.2) is 0 Å². The zero-order valence-electron chi connectivity index (χ0n) is 22.9. The minimum atomic E-state index is -1.21. The van der Waals surface area contributed by atoms with Crippen LogP contribution in [-0.4, -0.2) is 62.8 Å². The molecule has 10 heteroatoms. The number of nitrogens with zero attached hydrogens (tertiary/aromatic N) is 4. The van der Waals surface area contributed by atoms with Crippen molar-refractivity contribution in [1.82, 2.24) is 20.2 Å². The second kappa shape index (κ2) is 9.46. The first-order valence-corrected chi connectivity index (χ1v) is 15.2. The molecule has 2 fully saturated rings. The molecule has 1 saturated carbocycles. The van der Waals surface area contributed by atoms with Crippen LogP contribution >= 0.6 is 0 Å². The van der Waals surface area contributed by atoms with E-state index in [9.17, 15) is 13.8 Å². The molecule has 7 rings (SSSR count). The molecular weight excluding hydrogens is 536 g/mol. The highest BCUT2D eigenvalue weighted by atomic mass is 32.2. The Morgan fingerprint density at radius 3 is 2.46 bits per heavy atom. The van der Waals surface area contributed by atoms with Crippen LogP contribution in [0.4, 0.5) is 11.4 Å². The first-order valence-electron chi connectivity index (χ1n) is 13.7. The van der Waals surface area contributed by atoms with Gasteiger partial charge in [0.05, 0.1) is 35.4 Å². The van der Waals surface area contributed by atoms with Crippen LogP contribution in [0.5, 0.6) is 0 Å². The van der Waals surface area contributed by atoms with Gasteiger partial charge in [0.2, 0.25) is 11.8 Å². The number of nitrogens with one attached hydrogen (secondary N) is 2. The number of rotatable bonds is 7. The molecule has 2 aromatic heterocycles. The Morgan fingerprint density at radius 2 is 1.76 bits per heavy atom. The molecule has 1 aliphatic carbocycles. The third-order valence-electron chi connectivity index (χ3n) is 8.68. The van der Waals surface area contributed by atoms with E-state index >= 15 is 0 Å². The summed E-state index contributed by atoms with van der Waals surface area (Å²) >= 11 is 0. The van der Waals surface area contributed by atoms with Crippen LogP contribution in [0.25, 0.3) is 22.0 Å². The molecule has 2 aromatic carbocycles. The van der Waals surface area contributed by atoms with Gasteiger partial charge < -0.3 is 19.8 Å². The van der Waals surface area contributed by atoms with E-state index in [1.54, 1.807) is 12.5 Å². The number of likely N-dealkylation sites (tertiary alicyclic amines) is 1. The third-order valence-corrected chi connectivity index (χ3v) is 9.20. The number of fused-ring (bicyclic) bond motifs is 3. The SMILES string of the molecule is CNC1(C(=O)N2CC3(C2)C(=O)N(Cc2ncc4ccccc4c2-c2ccc(NS(C)=O)cn2)c2ccccc23)CC1. The summed E-state index contributed by atoms with van der Waals surface area (Å²) in [6.07, 6.45) is 6.73. The average Bonchev–Trinajstić information content (AvgIpc) is 3.73. The van der Waals surface area contributed by atoms with Crippen LogP contribution in [0.15, 0.2) is 73.1 Å². The Kier molecular flexibility index (Phi) is 5.95. The van der Waals surface area contributed by atoms with E-state index < -0.39 is 21.9 Å². The summed E-state index contributed by atoms with van der Waals surface area (Å²) in [5.41, 5.74) is 3.58. The van der Waals surface area contributed by atoms with Crippen LogP contribution in [0.1, 0.15) is 24.1 Å². The van der Waals surface area contributed by atoms with E-state index in [0.29, 0.717) is 24.5 Å². The molecular formula is C31H30N6O3S. The van der Waals surface area contributed by atoms with Gasteiger partial charge >= 0.3 is 0 Å². The number of para-hydroxylation sites is 1. The second-order valence-electron chi connectivity index (χ2n) is 11.1. The molecule has 1 atom stereocenters. The fourth-order valence-electron chi connectivity index (χ4n) is 6.33. The molecule has 1 unspecified atom stereocenters. The normalized spacial score (nSPS) is 18.7. The van der Waals surface area contributed by atoms with Gasteiger partial charge in [-0.1, -0.05) is 42.5 Å². The van der Waals surface area contributed by atoms with Gasteiger partial charge in [-0.2, -0.15) is 0 Å². The van der Waals surface area contributed by atoms with Crippen molar-refractivity contribution in [2.24, 2.45) is 0 Å². The smallest absolute Gasteiger partial charge is 0.242 e. The Hall–Kier alpha value is -4.15. The molecule has 4 aromatic rings. The van der Waals surface area contributed by atoms with Crippen LogP contribution in [-0.2, 0) is 32.5 Å². The van der Waals surface area contributed by atoms with Gasteiger partial charge in [-0.3, -0.25) is 19.6 Å². The predicted octanol–water partition coefficient (Wildman–Crippen LogP) is 3.38. The highest BCUT2D eigenvalue weighted by Crippen LogP contribution is 2.50. The van der Waals surface area contributed by atoms with Crippen LogP contribution in [0, 0.1) is 0 Å². The fraction of sp³-hybridized carbons (Fsp3) is 0.290. The quantitative estimate of drug-likeness (QED) is 0.355. The summed E-state index contributed by atoms with van der Waals surface area (Å²) in [5, 5.41) is 5.14. The summed E-state index contributed by atoms with van der Waals surface area (Å²) in [4.78, 5) is 40.6. The van der Waals surface area contributed by atoms with E-state index in [-0.39, 0.29) is 18.4 Å². The monoisotopic (exact) mass is 566 g/mol. The van der Waals surface area contributed by atoms with Crippen LogP contribution in [0.3, 0.4) is 0 Å². The van der Waals surface area contributed by atoms with Crippen molar-refractivity contribution in [3.8, 4) is 11.3 Å². The lowest BCUT2D eigenvalue weighted by atomic mass is 9.74. The van der Waals surface area contributed by atoms with Gasteiger partial charge in [0.25, 0.3) is 0 Å². The minimum Gasteiger partial charge on any atom is -0.338 e. The lowest BCUT2D eigenvalue weighted by Gasteiger charge is -2.48. The van der Waals surface area contributed by atoms with Gasteiger partial charge in [0.1, 0.15) is 16.4 Å². The molecule has 208 valence electrons. The topological polar surface area (TPSA) is 108 Å². The van der Waals surface area contributed by atoms with Crippen molar-refractivity contribution < 1.29 is 13.8 Å². The van der Waals surface area contributed by atoms with Crippen LogP contribution < -0.4 is 14.9 Å². The zero-order valence-corrected chi connectivity index (χ0v) is 23.7. The van der Waals surface area contributed by atoms with E-state index in [4.69, 9.17) is 4.98 Å². The van der Waals surface area contributed by atoms with E-state index in [1.165, 1.54) is 0 Å². The maximum Gasteiger partial charge on any atom is 0.242 e. The molecule has 1 saturated heterocycles. The number of benzene rings is 2. The Balaban J connectivity index is 1.25. The summed E-state index contributed by atoms with van der Waals surface area (Å²) in [6.45, 7) is 1.04.